The molecule has 0 aromatic rings. The summed E-state index contributed by atoms with van der Waals surface area (Å²) in [6, 6.07) is -0.598. The standard InChI is InChI=1S/C10H18N2O3S/c1-15-8(13)4-10(2-3-10)6-16-5-7(11)9(12)14/h7H,2-6,11H2,1H3,(H2,12,14). The van der Waals surface area contributed by atoms with Crippen LogP contribution in [0, 0.1) is 5.41 Å². The Morgan fingerprint density at radius 3 is 2.56 bits per heavy atom. The average Bonchev–Trinajstić information content (AvgIpc) is 2.97. The minimum Gasteiger partial charge on any atom is -0.469 e. The summed E-state index contributed by atoms with van der Waals surface area (Å²) in [6.07, 6.45) is 2.55. The number of nitrogens with two attached hydrogens (primary N) is 2. The number of methoxy groups -OCH3 is 1. The van der Waals surface area contributed by atoms with Gasteiger partial charge in [0.1, 0.15) is 0 Å². The lowest BCUT2D eigenvalue weighted by atomic mass is 10.1. The molecule has 16 heavy (non-hydrogen) atoms. The molecule has 0 spiro atoms. The molecule has 92 valence electrons. The molecule has 1 amide bonds. The first-order valence-electron chi connectivity index (χ1n) is 5.18. The van der Waals surface area contributed by atoms with E-state index in [1.54, 1.807) is 11.8 Å². The van der Waals surface area contributed by atoms with Crippen molar-refractivity contribution in [1.82, 2.24) is 0 Å². The van der Waals surface area contributed by atoms with Gasteiger partial charge >= 0.3 is 5.97 Å². The van der Waals surface area contributed by atoms with Crippen LogP contribution >= 0.6 is 11.8 Å². The van der Waals surface area contributed by atoms with E-state index >= 15 is 0 Å². The quantitative estimate of drug-likeness (QED) is 0.610. The van der Waals surface area contributed by atoms with Crippen molar-refractivity contribution in [2.24, 2.45) is 16.9 Å². The zero-order valence-corrected chi connectivity index (χ0v) is 10.2. The molecule has 0 saturated heterocycles. The molecule has 0 radical (unpaired) electrons. The summed E-state index contributed by atoms with van der Waals surface area (Å²) < 4.78 is 4.64. The van der Waals surface area contributed by atoms with Crippen molar-refractivity contribution in [2.75, 3.05) is 18.6 Å². The maximum absolute atomic E-state index is 11.1. The zero-order chi connectivity index (χ0) is 12.2. The van der Waals surface area contributed by atoms with Crippen LogP contribution < -0.4 is 11.5 Å². The van der Waals surface area contributed by atoms with E-state index in [0.29, 0.717) is 12.2 Å². The Labute approximate surface area is 99.3 Å². The summed E-state index contributed by atoms with van der Waals surface area (Å²) in [6.45, 7) is 0. The maximum atomic E-state index is 11.1. The smallest absolute Gasteiger partial charge is 0.306 e. The molecule has 0 bridgehead atoms. The molecule has 1 fully saturated rings. The fraction of sp³-hybridized carbons (Fsp3) is 0.800. The average molecular weight is 246 g/mol. The lowest BCUT2D eigenvalue weighted by Crippen LogP contribution is -2.38. The van der Waals surface area contributed by atoms with E-state index in [-0.39, 0.29) is 11.4 Å². The molecule has 1 aliphatic rings. The van der Waals surface area contributed by atoms with Crippen LogP contribution in [-0.4, -0.2) is 36.5 Å². The molecule has 1 aliphatic carbocycles. The Balaban J connectivity index is 2.22. The van der Waals surface area contributed by atoms with Crippen LogP contribution in [0.3, 0.4) is 0 Å². The largest absolute Gasteiger partial charge is 0.469 e. The van der Waals surface area contributed by atoms with Gasteiger partial charge in [-0.2, -0.15) is 11.8 Å². The second-order valence-corrected chi connectivity index (χ2v) is 5.31. The monoisotopic (exact) mass is 246 g/mol. The summed E-state index contributed by atoms with van der Waals surface area (Å²) in [5.41, 5.74) is 10.6. The van der Waals surface area contributed by atoms with Gasteiger partial charge in [0.15, 0.2) is 0 Å². The normalized spacial score (nSPS) is 18.9. The van der Waals surface area contributed by atoms with Gasteiger partial charge in [0.05, 0.1) is 19.6 Å². The molecule has 6 heteroatoms. The predicted molar refractivity (Wildman–Crippen MR) is 62.8 cm³/mol. The second-order valence-electron chi connectivity index (χ2n) is 4.28. The van der Waals surface area contributed by atoms with Crippen molar-refractivity contribution in [2.45, 2.75) is 25.3 Å². The number of amides is 1. The van der Waals surface area contributed by atoms with Crippen LogP contribution in [0.15, 0.2) is 0 Å². The third kappa shape index (κ3) is 4.02. The van der Waals surface area contributed by atoms with Gasteiger partial charge in [-0.25, -0.2) is 0 Å². The number of esters is 1. The number of hydrogen-bond donors (Lipinski definition) is 2. The van der Waals surface area contributed by atoms with Crippen LogP contribution in [-0.2, 0) is 14.3 Å². The highest BCUT2D eigenvalue weighted by molar-refractivity contribution is 7.99. The number of hydrogen-bond acceptors (Lipinski definition) is 5. The molecule has 1 rings (SSSR count). The van der Waals surface area contributed by atoms with Crippen LogP contribution in [0.2, 0.25) is 0 Å². The molecule has 4 N–H and O–H groups in total. The Morgan fingerprint density at radius 2 is 2.12 bits per heavy atom. The van der Waals surface area contributed by atoms with Gasteiger partial charge in [0.25, 0.3) is 0 Å². The first-order chi connectivity index (χ1) is 7.49. The first-order valence-corrected chi connectivity index (χ1v) is 6.34. The second kappa shape index (κ2) is 5.54. The molecular formula is C10H18N2O3S. The number of primary amides is 1. The molecule has 1 saturated carbocycles. The summed E-state index contributed by atoms with van der Waals surface area (Å²) in [4.78, 5) is 21.8. The zero-order valence-electron chi connectivity index (χ0n) is 9.40. The Kier molecular flexibility index (Phi) is 4.61. The van der Waals surface area contributed by atoms with E-state index in [9.17, 15) is 9.59 Å². The van der Waals surface area contributed by atoms with Crippen molar-refractivity contribution < 1.29 is 14.3 Å². The van der Waals surface area contributed by atoms with E-state index < -0.39 is 11.9 Å². The van der Waals surface area contributed by atoms with Crippen molar-refractivity contribution in [3.8, 4) is 0 Å². The van der Waals surface area contributed by atoms with Gasteiger partial charge in [-0.3, -0.25) is 9.59 Å². The highest BCUT2D eigenvalue weighted by Crippen LogP contribution is 2.51. The van der Waals surface area contributed by atoms with Gasteiger partial charge in [0.2, 0.25) is 5.91 Å². The molecule has 0 aromatic heterocycles. The first kappa shape index (κ1) is 13.3. The van der Waals surface area contributed by atoms with Crippen LogP contribution in [0.4, 0.5) is 0 Å². The molecule has 1 atom stereocenters. The van der Waals surface area contributed by atoms with Gasteiger partial charge in [-0.15, -0.1) is 0 Å². The fourth-order valence-corrected chi connectivity index (χ4v) is 2.77. The van der Waals surface area contributed by atoms with E-state index in [0.717, 1.165) is 18.6 Å². The highest BCUT2D eigenvalue weighted by Gasteiger charge is 2.44. The van der Waals surface area contributed by atoms with E-state index in [1.165, 1.54) is 7.11 Å². The van der Waals surface area contributed by atoms with Gasteiger partial charge in [-0.05, 0) is 24.0 Å². The Hall–Kier alpha value is -0.750. The van der Waals surface area contributed by atoms with Crippen LogP contribution in [0.5, 0.6) is 0 Å². The number of rotatable bonds is 7. The maximum Gasteiger partial charge on any atom is 0.306 e. The van der Waals surface area contributed by atoms with E-state index in [1.807, 2.05) is 0 Å². The van der Waals surface area contributed by atoms with Crippen LogP contribution in [0.25, 0.3) is 0 Å². The topological polar surface area (TPSA) is 95.4 Å². The highest BCUT2D eigenvalue weighted by atomic mass is 32.2. The van der Waals surface area contributed by atoms with Crippen LogP contribution in [0.1, 0.15) is 19.3 Å². The molecule has 0 aromatic carbocycles. The lowest BCUT2D eigenvalue weighted by molar-refractivity contribution is -0.141. The predicted octanol–water partition coefficient (Wildman–Crippen LogP) is -0.124. The lowest BCUT2D eigenvalue weighted by Gasteiger charge is -2.14. The summed E-state index contributed by atoms with van der Waals surface area (Å²) in [5, 5.41) is 0. The van der Waals surface area contributed by atoms with Crippen molar-refractivity contribution in [3.63, 3.8) is 0 Å². The Bertz CT molecular complexity index is 279. The van der Waals surface area contributed by atoms with Crippen molar-refractivity contribution >= 4 is 23.6 Å². The molecule has 1 unspecified atom stereocenters. The SMILES string of the molecule is COC(=O)CC1(CSCC(N)C(N)=O)CC1. The van der Waals surface area contributed by atoms with E-state index in [4.69, 9.17) is 11.5 Å². The van der Waals surface area contributed by atoms with Crippen molar-refractivity contribution in [3.05, 3.63) is 0 Å². The molecule has 5 nitrogen and oxygen atoms in total. The molecule has 0 aliphatic heterocycles. The summed E-state index contributed by atoms with van der Waals surface area (Å²) in [5.74, 6) is 0.698. The Morgan fingerprint density at radius 1 is 1.50 bits per heavy atom. The van der Waals surface area contributed by atoms with Gasteiger partial charge in [-0.1, -0.05) is 0 Å². The summed E-state index contributed by atoms with van der Waals surface area (Å²) >= 11 is 1.58. The minimum absolute atomic E-state index is 0.0785. The van der Waals surface area contributed by atoms with Gasteiger partial charge < -0.3 is 16.2 Å². The molecular weight excluding hydrogens is 228 g/mol. The minimum atomic E-state index is -0.598. The number of thioether (sulfide) groups is 1. The fourth-order valence-electron chi connectivity index (χ4n) is 1.41. The number of ether oxygens (including phenoxy) is 1. The number of carbonyl (C=O) groups excluding carboxylic acids is 2. The number of carbonyl (C=O) groups is 2. The van der Waals surface area contributed by atoms with E-state index in [2.05, 4.69) is 4.74 Å². The third-order valence-corrected chi connectivity index (χ3v) is 4.19. The van der Waals surface area contributed by atoms with Gasteiger partial charge in [0, 0.05) is 5.75 Å². The third-order valence-electron chi connectivity index (χ3n) is 2.78. The molecule has 0 heterocycles. The van der Waals surface area contributed by atoms with Crippen molar-refractivity contribution in [1.29, 1.82) is 0 Å². The summed E-state index contributed by atoms with van der Waals surface area (Å²) in [7, 11) is 1.40.